The molecule has 0 spiro atoms. The topological polar surface area (TPSA) is 56.8 Å². The number of carbonyl (C=O) groups is 2. The van der Waals surface area contributed by atoms with Gasteiger partial charge in [0, 0.05) is 69.2 Å². The minimum Gasteiger partial charge on any atom is -0.370 e. The van der Waals surface area contributed by atoms with Gasteiger partial charge in [0.25, 0.3) is 5.91 Å². The number of nitrogens with zero attached hydrogens (tertiary/aromatic N) is 4. The highest BCUT2D eigenvalue weighted by atomic mass is 16.2. The summed E-state index contributed by atoms with van der Waals surface area (Å²) in [7, 11) is 0. The molecule has 1 aromatic heterocycles. The van der Waals surface area contributed by atoms with Crippen LogP contribution >= 0.6 is 0 Å². The van der Waals surface area contributed by atoms with Crippen LogP contribution in [0, 0.1) is 0 Å². The van der Waals surface area contributed by atoms with Crippen LogP contribution in [-0.2, 0) is 11.2 Å². The number of fused-ring (bicyclic) bond motifs is 1. The summed E-state index contributed by atoms with van der Waals surface area (Å²) in [6, 6.07) is 12.4. The second-order valence-electron chi connectivity index (χ2n) is 9.27. The van der Waals surface area contributed by atoms with Crippen LogP contribution in [0.15, 0.2) is 42.6 Å². The molecule has 5 rings (SSSR count). The van der Waals surface area contributed by atoms with E-state index in [9.17, 15) is 9.59 Å². The lowest BCUT2D eigenvalue weighted by Crippen LogP contribution is -2.40. The quantitative estimate of drug-likeness (QED) is 0.726. The number of para-hydroxylation sites is 1. The van der Waals surface area contributed by atoms with Gasteiger partial charge in [-0.1, -0.05) is 18.2 Å². The second-order valence-corrected chi connectivity index (χ2v) is 9.27. The zero-order chi connectivity index (χ0) is 21.9. The Kier molecular flexibility index (Phi) is 6.10. The lowest BCUT2D eigenvalue weighted by molar-refractivity contribution is -0.132. The molecule has 0 bridgehead atoms. The summed E-state index contributed by atoms with van der Waals surface area (Å²) < 4.78 is 0. The zero-order valence-electron chi connectivity index (χ0n) is 18.7. The summed E-state index contributed by atoms with van der Waals surface area (Å²) in [5.41, 5.74) is 4.33. The summed E-state index contributed by atoms with van der Waals surface area (Å²) in [6.07, 6.45) is 7.56. The van der Waals surface area contributed by atoms with Crippen molar-refractivity contribution in [2.45, 2.75) is 44.4 Å². The third-order valence-corrected chi connectivity index (χ3v) is 7.20. The standard InChI is InChI=1S/C26H32N4O2/c31-25(12-17-28-16-11-20-6-1-2-8-24(20)28)30-15-5-7-22(19-30)23-10-9-21(18-27-23)26(32)29-13-3-4-14-29/h1-2,6,8-10,18,22H,3-5,7,11-17,19H2/t22-/m0/s1. The van der Waals surface area contributed by atoms with Gasteiger partial charge in [0.2, 0.25) is 5.91 Å². The van der Waals surface area contributed by atoms with E-state index >= 15 is 0 Å². The molecule has 2 aromatic rings. The molecule has 3 aliphatic heterocycles. The van der Waals surface area contributed by atoms with E-state index in [1.54, 1.807) is 6.20 Å². The SMILES string of the molecule is O=C(CCN1CCc2ccccc21)N1CCC[C@H](c2ccc(C(=O)N3CCCC3)cn2)C1. The Labute approximate surface area is 190 Å². The Hall–Kier alpha value is -2.89. The van der Waals surface area contributed by atoms with E-state index in [-0.39, 0.29) is 17.7 Å². The number of hydrogen-bond acceptors (Lipinski definition) is 4. The number of amides is 2. The van der Waals surface area contributed by atoms with Gasteiger partial charge in [-0.25, -0.2) is 0 Å². The molecule has 0 saturated carbocycles. The number of piperidine rings is 1. The second kappa shape index (κ2) is 9.31. The van der Waals surface area contributed by atoms with E-state index < -0.39 is 0 Å². The maximum Gasteiger partial charge on any atom is 0.255 e. The maximum absolute atomic E-state index is 13.0. The first-order chi connectivity index (χ1) is 15.7. The molecule has 0 aliphatic carbocycles. The fourth-order valence-electron chi connectivity index (χ4n) is 5.35. The van der Waals surface area contributed by atoms with Crippen LogP contribution in [0.1, 0.15) is 59.6 Å². The van der Waals surface area contributed by atoms with Crippen molar-refractivity contribution < 1.29 is 9.59 Å². The van der Waals surface area contributed by atoms with Gasteiger partial charge in [0.15, 0.2) is 0 Å². The van der Waals surface area contributed by atoms with Crippen LogP contribution in [0.3, 0.4) is 0 Å². The van der Waals surface area contributed by atoms with Crippen molar-refractivity contribution >= 4 is 17.5 Å². The van der Waals surface area contributed by atoms with Crippen molar-refractivity contribution in [1.29, 1.82) is 0 Å². The van der Waals surface area contributed by atoms with E-state index in [1.807, 2.05) is 21.9 Å². The van der Waals surface area contributed by atoms with Gasteiger partial charge in [-0.3, -0.25) is 14.6 Å². The third-order valence-electron chi connectivity index (χ3n) is 7.20. The van der Waals surface area contributed by atoms with Crippen molar-refractivity contribution in [3.63, 3.8) is 0 Å². The molecule has 4 heterocycles. The number of likely N-dealkylation sites (tertiary alicyclic amines) is 2. The van der Waals surface area contributed by atoms with Crippen LogP contribution < -0.4 is 4.90 Å². The van der Waals surface area contributed by atoms with E-state index in [4.69, 9.17) is 0 Å². The monoisotopic (exact) mass is 432 g/mol. The minimum absolute atomic E-state index is 0.0884. The maximum atomic E-state index is 13.0. The number of rotatable bonds is 5. The smallest absolute Gasteiger partial charge is 0.255 e. The molecule has 0 N–H and O–H groups in total. The lowest BCUT2D eigenvalue weighted by Gasteiger charge is -2.33. The van der Waals surface area contributed by atoms with Crippen molar-refractivity contribution in [3.8, 4) is 0 Å². The Morgan fingerprint density at radius 2 is 1.75 bits per heavy atom. The third kappa shape index (κ3) is 4.36. The lowest BCUT2D eigenvalue weighted by atomic mass is 9.93. The average Bonchev–Trinajstić information content (AvgIpc) is 3.53. The fourth-order valence-corrected chi connectivity index (χ4v) is 5.35. The molecule has 32 heavy (non-hydrogen) atoms. The first-order valence-electron chi connectivity index (χ1n) is 12.0. The van der Waals surface area contributed by atoms with Crippen molar-refractivity contribution in [2.24, 2.45) is 0 Å². The fraction of sp³-hybridized carbons (Fsp3) is 0.500. The molecular formula is C26H32N4O2. The van der Waals surface area contributed by atoms with E-state index in [0.717, 1.165) is 77.1 Å². The van der Waals surface area contributed by atoms with Crippen LogP contribution in [0.5, 0.6) is 0 Å². The molecule has 6 heteroatoms. The number of carbonyl (C=O) groups excluding carboxylic acids is 2. The van der Waals surface area contributed by atoms with Gasteiger partial charge in [0.05, 0.1) is 5.56 Å². The normalized spacial score (nSPS) is 20.5. The summed E-state index contributed by atoms with van der Waals surface area (Å²) in [6.45, 7) is 5.04. The molecule has 2 saturated heterocycles. The van der Waals surface area contributed by atoms with Gasteiger partial charge in [-0.2, -0.15) is 0 Å². The number of hydrogen-bond donors (Lipinski definition) is 0. The van der Waals surface area contributed by atoms with Crippen molar-refractivity contribution in [1.82, 2.24) is 14.8 Å². The van der Waals surface area contributed by atoms with Gasteiger partial charge < -0.3 is 14.7 Å². The molecule has 0 radical (unpaired) electrons. The highest BCUT2D eigenvalue weighted by molar-refractivity contribution is 5.94. The van der Waals surface area contributed by atoms with Gasteiger partial charge in [0.1, 0.15) is 0 Å². The van der Waals surface area contributed by atoms with Crippen LogP contribution in [-0.4, -0.2) is 65.9 Å². The molecule has 2 amide bonds. The Bertz CT molecular complexity index is 968. The van der Waals surface area contributed by atoms with Crippen molar-refractivity contribution in [2.75, 3.05) is 44.2 Å². The summed E-state index contributed by atoms with van der Waals surface area (Å²) in [4.78, 5) is 36.4. The van der Waals surface area contributed by atoms with Crippen LogP contribution in [0.2, 0.25) is 0 Å². The molecule has 0 unspecified atom stereocenters. The molecule has 6 nitrogen and oxygen atoms in total. The van der Waals surface area contributed by atoms with E-state index in [0.29, 0.717) is 12.0 Å². The van der Waals surface area contributed by atoms with Crippen molar-refractivity contribution in [3.05, 3.63) is 59.4 Å². The van der Waals surface area contributed by atoms with E-state index in [2.05, 4.69) is 34.1 Å². The Morgan fingerprint density at radius 3 is 2.56 bits per heavy atom. The largest absolute Gasteiger partial charge is 0.370 e. The number of anilines is 1. The molecule has 3 aliphatic rings. The number of aromatic nitrogens is 1. The van der Waals surface area contributed by atoms with E-state index in [1.165, 1.54) is 11.3 Å². The molecule has 168 valence electrons. The summed E-state index contributed by atoms with van der Waals surface area (Å²) in [5.74, 6) is 0.571. The average molecular weight is 433 g/mol. The van der Waals surface area contributed by atoms with Crippen LogP contribution in [0.4, 0.5) is 5.69 Å². The van der Waals surface area contributed by atoms with Gasteiger partial charge >= 0.3 is 0 Å². The molecule has 2 fully saturated rings. The molecule has 1 aromatic carbocycles. The first kappa shape index (κ1) is 21.0. The number of benzene rings is 1. The summed E-state index contributed by atoms with van der Waals surface area (Å²) in [5, 5.41) is 0. The summed E-state index contributed by atoms with van der Waals surface area (Å²) >= 11 is 0. The van der Waals surface area contributed by atoms with Gasteiger partial charge in [-0.05, 0) is 55.9 Å². The predicted octanol–water partition coefficient (Wildman–Crippen LogP) is 3.48. The number of pyridine rings is 1. The first-order valence-corrected chi connectivity index (χ1v) is 12.0. The molecular weight excluding hydrogens is 400 g/mol. The Morgan fingerprint density at radius 1 is 0.938 bits per heavy atom. The predicted molar refractivity (Wildman–Crippen MR) is 125 cm³/mol. The highest BCUT2D eigenvalue weighted by Crippen LogP contribution is 2.29. The highest BCUT2D eigenvalue weighted by Gasteiger charge is 2.27. The van der Waals surface area contributed by atoms with Gasteiger partial charge in [-0.15, -0.1) is 0 Å². The minimum atomic E-state index is 0.0884. The zero-order valence-corrected chi connectivity index (χ0v) is 18.7. The molecule has 1 atom stereocenters. The van der Waals surface area contributed by atoms with Crippen LogP contribution in [0.25, 0.3) is 0 Å². The Balaban J connectivity index is 1.16.